The Labute approximate surface area is 103 Å². The molecule has 0 amide bonds. The number of benzene rings is 1. The van der Waals surface area contributed by atoms with Crippen molar-refractivity contribution in [3.63, 3.8) is 0 Å². The fraction of sp³-hybridized carbons (Fsp3) is 0.533. The van der Waals surface area contributed by atoms with Crippen molar-refractivity contribution >= 4 is 0 Å². The van der Waals surface area contributed by atoms with Crippen LogP contribution in [0.3, 0.4) is 0 Å². The second-order valence-corrected chi connectivity index (χ2v) is 4.98. The zero-order chi connectivity index (χ0) is 12.1. The average molecular weight is 229 g/mol. The summed E-state index contributed by atoms with van der Waals surface area (Å²) in [6.07, 6.45) is 5.74. The summed E-state index contributed by atoms with van der Waals surface area (Å²) in [5.74, 6) is 1.79. The lowest BCUT2D eigenvalue weighted by atomic mass is 9.89. The summed E-state index contributed by atoms with van der Waals surface area (Å²) < 4.78 is 5.95. The molecule has 17 heavy (non-hydrogen) atoms. The Morgan fingerprint density at radius 2 is 1.82 bits per heavy atom. The van der Waals surface area contributed by atoms with Crippen LogP contribution in [0.15, 0.2) is 24.3 Å². The number of nitriles is 1. The van der Waals surface area contributed by atoms with Gasteiger partial charge in [0.1, 0.15) is 5.75 Å². The smallest absolute Gasteiger partial charge is 0.119 e. The molecule has 0 atom stereocenters. The first-order valence-corrected chi connectivity index (χ1v) is 6.40. The summed E-state index contributed by atoms with van der Waals surface area (Å²) >= 11 is 0. The molecule has 0 heterocycles. The van der Waals surface area contributed by atoms with Crippen molar-refractivity contribution < 1.29 is 4.74 Å². The van der Waals surface area contributed by atoms with E-state index in [0.29, 0.717) is 12.5 Å². The normalized spacial score (nSPS) is 24.0. The van der Waals surface area contributed by atoms with Crippen LogP contribution in [-0.2, 0) is 6.42 Å². The van der Waals surface area contributed by atoms with Crippen LogP contribution in [0.4, 0.5) is 0 Å². The van der Waals surface area contributed by atoms with Gasteiger partial charge < -0.3 is 4.74 Å². The van der Waals surface area contributed by atoms with Crippen molar-refractivity contribution in [2.75, 3.05) is 0 Å². The Morgan fingerprint density at radius 1 is 1.18 bits per heavy atom. The first-order valence-electron chi connectivity index (χ1n) is 6.40. The van der Waals surface area contributed by atoms with Crippen molar-refractivity contribution in [3.05, 3.63) is 29.8 Å². The van der Waals surface area contributed by atoms with Crippen molar-refractivity contribution in [1.82, 2.24) is 0 Å². The zero-order valence-electron chi connectivity index (χ0n) is 10.4. The Bertz CT molecular complexity index is 382. The molecule has 90 valence electrons. The minimum absolute atomic E-state index is 0.382. The molecule has 1 aromatic carbocycles. The summed E-state index contributed by atoms with van der Waals surface area (Å²) in [5.41, 5.74) is 1.05. The molecule has 0 unspecified atom stereocenters. The minimum Gasteiger partial charge on any atom is -0.490 e. The van der Waals surface area contributed by atoms with Gasteiger partial charge in [0.2, 0.25) is 0 Å². The monoisotopic (exact) mass is 229 g/mol. The maximum atomic E-state index is 8.59. The van der Waals surface area contributed by atoms with Gasteiger partial charge in [-0.25, -0.2) is 0 Å². The van der Waals surface area contributed by atoms with Gasteiger partial charge in [0, 0.05) is 0 Å². The third-order valence-electron chi connectivity index (χ3n) is 3.47. The van der Waals surface area contributed by atoms with E-state index in [9.17, 15) is 0 Å². The standard InChI is InChI=1S/C15H19NO/c1-12-2-6-14(7-3-12)17-15-8-4-13(5-9-15)10-11-16/h4-5,8-9,12,14H,2-3,6-7,10H2,1H3. The van der Waals surface area contributed by atoms with E-state index in [0.717, 1.165) is 17.2 Å². The van der Waals surface area contributed by atoms with E-state index in [1.807, 2.05) is 24.3 Å². The van der Waals surface area contributed by atoms with Gasteiger partial charge in [0.05, 0.1) is 18.6 Å². The van der Waals surface area contributed by atoms with Crippen molar-refractivity contribution in [3.8, 4) is 11.8 Å². The molecule has 2 nitrogen and oxygen atoms in total. The highest BCUT2D eigenvalue weighted by Crippen LogP contribution is 2.27. The molecule has 0 N–H and O–H groups in total. The van der Waals surface area contributed by atoms with Crippen LogP contribution >= 0.6 is 0 Å². The molecule has 2 rings (SSSR count). The largest absolute Gasteiger partial charge is 0.490 e. The topological polar surface area (TPSA) is 33.0 Å². The van der Waals surface area contributed by atoms with Gasteiger partial charge in [-0.3, -0.25) is 0 Å². The number of hydrogen-bond donors (Lipinski definition) is 0. The van der Waals surface area contributed by atoms with Gasteiger partial charge in [-0.05, 0) is 49.3 Å². The van der Waals surface area contributed by atoms with Crippen molar-refractivity contribution in [2.45, 2.75) is 45.1 Å². The SMILES string of the molecule is CC1CCC(Oc2ccc(CC#N)cc2)CC1. The van der Waals surface area contributed by atoms with Gasteiger partial charge in [0.25, 0.3) is 0 Å². The molecule has 1 fully saturated rings. The first kappa shape index (κ1) is 12.0. The molecule has 1 aliphatic carbocycles. The van der Waals surface area contributed by atoms with Gasteiger partial charge in [-0.1, -0.05) is 19.1 Å². The van der Waals surface area contributed by atoms with E-state index in [-0.39, 0.29) is 0 Å². The van der Waals surface area contributed by atoms with E-state index in [2.05, 4.69) is 13.0 Å². The maximum Gasteiger partial charge on any atom is 0.119 e. The van der Waals surface area contributed by atoms with Crippen LogP contribution in [0, 0.1) is 17.2 Å². The lowest BCUT2D eigenvalue weighted by Crippen LogP contribution is -2.22. The Kier molecular flexibility index (Phi) is 4.03. The molecule has 0 bridgehead atoms. The first-order chi connectivity index (χ1) is 8.28. The minimum atomic E-state index is 0.382. The lowest BCUT2D eigenvalue weighted by Gasteiger charge is -2.26. The summed E-state index contributed by atoms with van der Waals surface area (Å²) in [6.45, 7) is 2.31. The lowest BCUT2D eigenvalue weighted by molar-refractivity contribution is 0.135. The van der Waals surface area contributed by atoms with Crippen LogP contribution in [0.1, 0.15) is 38.2 Å². The highest BCUT2D eigenvalue weighted by molar-refractivity contribution is 5.28. The number of nitrogens with zero attached hydrogens (tertiary/aromatic N) is 1. The average Bonchev–Trinajstić information content (AvgIpc) is 2.35. The van der Waals surface area contributed by atoms with E-state index in [1.54, 1.807) is 0 Å². The molecule has 0 aliphatic heterocycles. The second-order valence-electron chi connectivity index (χ2n) is 4.98. The second kappa shape index (κ2) is 5.72. The molecular formula is C15H19NO. The fourth-order valence-electron chi connectivity index (χ4n) is 2.32. The molecule has 1 saturated carbocycles. The Balaban J connectivity index is 1.88. The Hall–Kier alpha value is -1.49. The van der Waals surface area contributed by atoms with Crippen LogP contribution in [-0.4, -0.2) is 6.10 Å². The van der Waals surface area contributed by atoms with Gasteiger partial charge >= 0.3 is 0 Å². The van der Waals surface area contributed by atoms with E-state index < -0.39 is 0 Å². The van der Waals surface area contributed by atoms with Crippen LogP contribution in [0.2, 0.25) is 0 Å². The summed E-state index contributed by atoms with van der Waals surface area (Å²) in [7, 11) is 0. The maximum absolute atomic E-state index is 8.59. The van der Waals surface area contributed by atoms with E-state index in [1.165, 1.54) is 25.7 Å². The highest BCUT2D eigenvalue weighted by atomic mass is 16.5. The number of rotatable bonds is 3. The van der Waals surface area contributed by atoms with Crippen molar-refractivity contribution in [1.29, 1.82) is 5.26 Å². The van der Waals surface area contributed by atoms with Crippen LogP contribution in [0.5, 0.6) is 5.75 Å². The molecule has 0 saturated heterocycles. The molecule has 0 aromatic heterocycles. The zero-order valence-corrected chi connectivity index (χ0v) is 10.4. The predicted molar refractivity (Wildman–Crippen MR) is 67.8 cm³/mol. The number of ether oxygens (including phenoxy) is 1. The summed E-state index contributed by atoms with van der Waals surface area (Å²) in [5, 5.41) is 8.59. The highest BCUT2D eigenvalue weighted by Gasteiger charge is 2.19. The summed E-state index contributed by atoms with van der Waals surface area (Å²) in [6, 6.07) is 10.1. The quantitative estimate of drug-likeness (QED) is 0.791. The van der Waals surface area contributed by atoms with E-state index in [4.69, 9.17) is 10.00 Å². The van der Waals surface area contributed by atoms with E-state index >= 15 is 0 Å². The van der Waals surface area contributed by atoms with Gasteiger partial charge in [0.15, 0.2) is 0 Å². The Morgan fingerprint density at radius 3 is 2.41 bits per heavy atom. The van der Waals surface area contributed by atoms with Gasteiger partial charge in [-0.15, -0.1) is 0 Å². The third-order valence-corrected chi connectivity index (χ3v) is 3.47. The fourth-order valence-corrected chi connectivity index (χ4v) is 2.32. The van der Waals surface area contributed by atoms with Crippen LogP contribution < -0.4 is 4.74 Å². The molecular weight excluding hydrogens is 210 g/mol. The third kappa shape index (κ3) is 3.49. The predicted octanol–water partition coefficient (Wildman–Crippen LogP) is 3.71. The molecule has 0 spiro atoms. The molecule has 1 aliphatic rings. The van der Waals surface area contributed by atoms with Crippen molar-refractivity contribution in [2.24, 2.45) is 5.92 Å². The number of hydrogen-bond acceptors (Lipinski definition) is 2. The molecule has 0 radical (unpaired) electrons. The summed E-state index contributed by atoms with van der Waals surface area (Å²) in [4.78, 5) is 0. The van der Waals surface area contributed by atoms with Crippen LogP contribution in [0.25, 0.3) is 0 Å². The molecule has 1 aromatic rings. The molecule has 2 heteroatoms. The van der Waals surface area contributed by atoms with Gasteiger partial charge in [-0.2, -0.15) is 5.26 Å².